The highest BCUT2D eigenvalue weighted by Gasteiger charge is 2.29. The fourth-order valence-electron chi connectivity index (χ4n) is 4.32. The molecule has 2 aromatic carbocycles. The molecule has 1 amide bonds. The molecule has 1 fully saturated rings. The van der Waals surface area contributed by atoms with E-state index in [1.165, 1.54) is 12.1 Å². The second-order valence-electron chi connectivity index (χ2n) is 8.00. The van der Waals surface area contributed by atoms with Crippen LogP contribution >= 0.6 is 0 Å². The van der Waals surface area contributed by atoms with Crippen LogP contribution in [-0.4, -0.2) is 55.1 Å². The summed E-state index contributed by atoms with van der Waals surface area (Å²) in [6, 6.07) is 14.7. The molecule has 31 heavy (non-hydrogen) atoms. The molecule has 2 N–H and O–H groups in total. The first-order valence-corrected chi connectivity index (χ1v) is 10.4. The number of carbonyl (C=O) groups is 1. The number of primary amides is 1. The van der Waals surface area contributed by atoms with Crippen molar-refractivity contribution in [1.82, 2.24) is 9.88 Å². The number of pyridine rings is 1. The van der Waals surface area contributed by atoms with Gasteiger partial charge in [0.15, 0.2) is 0 Å². The Kier molecular flexibility index (Phi) is 6.04. The summed E-state index contributed by atoms with van der Waals surface area (Å²) in [6.07, 6.45) is 0.704. The summed E-state index contributed by atoms with van der Waals surface area (Å²) in [6.45, 7) is 4.38. The Labute approximate surface area is 181 Å². The highest BCUT2D eigenvalue weighted by Crippen LogP contribution is 2.34. The predicted molar refractivity (Wildman–Crippen MR) is 120 cm³/mol. The molecule has 0 spiro atoms. The van der Waals surface area contributed by atoms with Crippen LogP contribution in [0.15, 0.2) is 48.5 Å². The molecular weight excluding hydrogens is 395 g/mol. The zero-order valence-electron chi connectivity index (χ0n) is 17.8. The van der Waals surface area contributed by atoms with Gasteiger partial charge in [-0.1, -0.05) is 12.1 Å². The summed E-state index contributed by atoms with van der Waals surface area (Å²) >= 11 is 0. The van der Waals surface area contributed by atoms with Gasteiger partial charge >= 0.3 is 0 Å². The summed E-state index contributed by atoms with van der Waals surface area (Å²) in [5.74, 6) is 0.153. The molecule has 1 aromatic heterocycles. The van der Waals surface area contributed by atoms with Gasteiger partial charge in [-0.2, -0.15) is 0 Å². The number of rotatable bonds is 6. The highest BCUT2D eigenvalue weighted by molar-refractivity contribution is 5.96. The van der Waals surface area contributed by atoms with Crippen LogP contribution in [0, 0.1) is 12.7 Å². The van der Waals surface area contributed by atoms with Gasteiger partial charge in [-0.3, -0.25) is 9.69 Å². The number of amides is 1. The van der Waals surface area contributed by atoms with Crippen molar-refractivity contribution >= 4 is 22.5 Å². The third kappa shape index (κ3) is 4.61. The first kappa shape index (κ1) is 21.1. The molecule has 3 aromatic rings. The van der Waals surface area contributed by atoms with E-state index in [1.54, 1.807) is 19.2 Å². The molecule has 0 unspecified atom stereocenters. The quantitative estimate of drug-likeness (QED) is 0.661. The number of methoxy groups -OCH3 is 1. The minimum Gasteiger partial charge on any atom is -0.494 e. The minimum atomic E-state index is -0.341. The molecule has 1 saturated heterocycles. The van der Waals surface area contributed by atoms with Crippen molar-refractivity contribution in [3.8, 4) is 5.75 Å². The number of piperazine rings is 1. The number of halogens is 1. The molecule has 6 nitrogen and oxygen atoms in total. The molecule has 0 saturated carbocycles. The third-order valence-corrected chi connectivity index (χ3v) is 5.85. The smallest absolute Gasteiger partial charge is 0.231 e. The molecule has 2 heterocycles. The number of hydrogen-bond acceptors (Lipinski definition) is 5. The lowest BCUT2D eigenvalue weighted by Crippen LogP contribution is -2.56. The average Bonchev–Trinajstić information content (AvgIpc) is 2.75. The summed E-state index contributed by atoms with van der Waals surface area (Å²) in [5.41, 5.74) is 9.39. The number of nitrogens with zero attached hydrogens (tertiary/aromatic N) is 3. The molecule has 0 radical (unpaired) electrons. The molecule has 162 valence electrons. The fraction of sp³-hybridized carbons (Fsp3) is 0.333. The first-order valence-electron chi connectivity index (χ1n) is 10.4. The maximum Gasteiger partial charge on any atom is 0.231 e. The lowest BCUT2D eigenvalue weighted by Gasteiger charge is -2.42. The third-order valence-electron chi connectivity index (χ3n) is 5.85. The van der Waals surface area contributed by atoms with Crippen LogP contribution in [0.2, 0.25) is 0 Å². The maximum atomic E-state index is 13.3. The Morgan fingerprint density at radius 3 is 2.65 bits per heavy atom. The van der Waals surface area contributed by atoms with Gasteiger partial charge in [0.25, 0.3) is 0 Å². The van der Waals surface area contributed by atoms with Crippen molar-refractivity contribution in [2.24, 2.45) is 5.73 Å². The number of nitrogens with two attached hydrogens (primary N) is 1. The largest absolute Gasteiger partial charge is 0.494 e. The number of anilines is 1. The normalized spacial score (nSPS) is 17.1. The van der Waals surface area contributed by atoms with E-state index in [4.69, 9.17) is 15.5 Å². The van der Waals surface area contributed by atoms with Crippen LogP contribution in [0.1, 0.15) is 11.3 Å². The summed E-state index contributed by atoms with van der Waals surface area (Å²) in [4.78, 5) is 20.8. The van der Waals surface area contributed by atoms with Gasteiger partial charge in [0.05, 0.1) is 13.7 Å². The number of aryl methyl sites for hydroxylation is 1. The van der Waals surface area contributed by atoms with Gasteiger partial charge in [0.2, 0.25) is 5.91 Å². The van der Waals surface area contributed by atoms with Crippen molar-refractivity contribution in [3.63, 3.8) is 0 Å². The topological polar surface area (TPSA) is 71.7 Å². The van der Waals surface area contributed by atoms with Crippen molar-refractivity contribution in [3.05, 3.63) is 65.6 Å². The summed E-state index contributed by atoms with van der Waals surface area (Å²) in [5, 5.41) is 1.04. The van der Waals surface area contributed by atoms with E-state index < -0.39 is 0 Å². The maximum absolute atomic E-state index is 13.3. The van der Waals surface area contributed by atoms with E-state index >= 15 is 0 Å². The molecule has 1 aliphatic heterocycles. The summed E-state index contributed by atoms with van der Waals surface area (Å²) < 4.78 is 18.9. The van der Waals surface area contributed by atoms with Crippen LogP contribution < -0.4 is 15.4 Å². The second-order valence-corrected chi connectivity index (χ2v) is 8.00. The van der Waals surface area contributed by atoms with E-state index in [2.05, 4.69) is 21.9 Å². The van der Waals surface area contributed by atoms with Gasteiger partial charge < -0.3 is 15.4 Å². The van der Waals surface area contributed by atoms with E-state index in [9.17, 15) is 9.18 Å². The average molecular weight is 423 g/mol. The number of ether oxygens (including phenoxy) is 1. The molecule has 1 atom stereocenters. The Morgan fingerprint density at radius 2 is 1.94 bits per heavy atom. The van der Waals surface area contributed by atoms with Crippen molar-refractivity contribution in [1.29, 1.82) is 0 Å². The molecule has 0 bridgehead atoms. The Morgan fingerprint density at radius 1 is 1.16 bits per heavy atom. The predicted octanol–water partition coefficient (Wildman–Crippen LogP) is 2.91. The fourth-order valence-corrected chi connectivity index (χ4v) is 4.32. The van der Waals surface area contributed by atoms with Gasteiger partial charge in [-0.05, 0) is 55.3 Å². The molecule has 0 aliphatic carbocycles. The molecular formula is C24H27FN4O2. The first-order chi connectivity index (χ1) is 14.9. The molecule has 4 rings (SSSR count). The van der Waals surface area contributed by atoms with Crippen LogP contribution in [0.25, 0.3) is 10.9 Å². The zero-order chi connectivity index (χ0) is 22.0. The highest BCUT2D eigenvalue weighted by atomic mass is 19.1. The van der Waals surface area contributed by atoms with Gasteiger partial charge in [-0.25, -0.2) is 9.37 Å². The monoisotopic (exact) mass is 422 g/mol. The Balaban J connectivity index is 1.65. The Bertz CT molecular complexity index is 1090. The lowest BCUT2D eigenvalue weighted by molar-refractivity contribution is -0.119. The lowest BCUT2D eigenvalue weighted by atomic mass is 10.0. The van der Waals surface area contributed by atoms with E-state index in [0.29, 0.717) is 13.0 Å². The van der Waals surface area contributed by atoms with Crippen LogP contribution in [0.4, 0.5) is 10.1 Å². The Hall–Kier alpha value is -3.19. The van der Waals surface area contributed by atoms with Crippen LogP contribution in [0.5, 0.6) is 5.75 Å². The van der Waals surface area contributed by atoms with Crippen LogP contribution in [-0.2, 0) is 11.2 Å². The zero-order valence-corrected chi connectivity index (χ0v) is 17.8. The number of fused-ring (bicyclic) bond motifs is 1. The number of aromatic nitrogens is 1. The van der Waals surface area contributed by atoms with Crippen molar-refractivity contribution in [2.45, 2.75) is 19.4 Å². The standard InChI is InChI=1S/C24H27FN4O2/c1-16-3-8-20-21(9-10-22(31-2)24(20)27-16)29-12-11-28(15-23(26)30)19(14-29)13-17-4-6-18(25)7-5-17/h3-10,19H,11-15H2,1-2H3,(H2,26,30)/t19-/m0/s1. The summed E-state index contributed by atoms with van der Waals surface area (Å²) in [7, 11) is 1.65. The number of hydrogen-bond donors (Lipinski definition) is 1. The van der Waals surface area contributed by atoms with E-state index in [-0.39, 0.29) is 24.3 Å². The van der Waals surface area contributed by atoms with Gasteiger partial charge in [0, 0.05) is 42.4 Å². The number of benzene rings is 2. The second kappa shape index (κ2) is 8.89. The van der Waals surface area contributed by atoms with E-state index in [1.807, 2.05) is 19.1 Å². The minimum absolute atomic E-state index is 0.0715. The van der Waals surface area contributed by atoms with Crippen LogP contribution in [0.3, 0.4) is 0 Å². The van der Waals surface area contributed by atoms with Gasteiger partial charge in [0.1, 0.15) is 17.1 Å². The SMILES string of the molecule is COc1ccc(N2CCN(CC(N)=O)[C@@H](Cc3ccc(F)cc3)C2)c2ccc(C)nc12. The van der Waals surface area contributed by atoms with Gasteiger partial charge in [-0.15, -0.1) is 0 Å². The number of carbonyl (C=O) groups excluding carboxylic acids is 1. The molecule has 1 aliphatic rings. The van der Waals surface area contributed by atoms with E-state index in [0.717, 1.165) is 46.7 Å². The van der Waals surface area contributed by atoms with Crippen molar-refractivity contribution < 1.29 is 13.9 Å². The molecule has 7 heteroatoms. The van der Waals surface area contributed by atoms with Crippen molar-refractivity contribution in [2.75, 3.05) is 38.2 Å².